The summed E-state index contributed by atoms with van der Waals surface area (Å²) in [6.07, 6.45) is 1.66. The summed E-state index contributed by atoms with van der Waals surface area (Å²) < 4.78 is 24.1. The number of aliphatic imine (C=N–C) groups is 1. The zero-order valence-electron chi connectivity index (χ0n) is 17.4. The van der Waals surface area contributed by atoms with Crippen LogP contribution in [0.5, 0.6) is 11.6 Å². The van der Waals surface area contributed by atoms with Crippen LogP contribution >= 0.6 is 0 Å². The number of nitrogens with one attached hydrogen (secondary N) is 2. The summed E-state index contributed by atoms with van der Waals surface area (Å²) in [5.74, 6) is 2.37. The molecule has 0 aliphatic carbocycles. The van der Waals surface area contributed by atoms with E-state index >= 15 is 0 Å². The van der Waals surface area contributed by atoms with Crippen LogP contribution < -0.4 is 15.4 Å². The predicted octanol–water partition coefficient (Wildman–Crippen LogP) is 4.38. The maximum atomic E-state index is 13.0. The average Bonchev–Trinajstić information content (AvgIpc) is 3.22. The van der Waals surface area contributed by atoms with E-state index in [4.69, 9.17) is 9.26 Å². The Kier molecular flexibility index (Phi) is 7.37. The van der Waals surface area contributed by atoms with Gasteiger partial charge in [0.15, 0.2) is 11.7 Å². The summed E-state index contributed by atoms with van der Waals surface area (Å²) >= 11 is 0. The van der Waals surface area contributed by atoms with Crippen molar-refractivity contribution in [2.24, 2.45) is 4.99 Å². The van der Waals surface area contributed by atoms with Crippen molar-refractivity contribution in [3.05, 3.63) is 71.5 Å². The molecule has 0 aliphatic rings. The number of ether oxygens (including phenoxy) is 1. The van der Waals surface area contributed by atoms with E-state index in [1.54, 1.807) is 18.3 Å². The number of hydrogen-bond donors (Lipinski definition) is 2. The highest BCUT2D eigenvalue weighted by atomic mass is 19.1. The average molecular weight is 411 g/mol. The molecule has 2 aromatic heterocycles. The quantitative estimate of drug-likeness (QED) is 0.423. The highest BCUT2D eigenvalue weighted by Crippen LogP contribution is 2.20. The third kappa shape index (κ3) is 6.30. The molecule has 0 saturated heterocycles. The van der Waals surface area contributed by atoms with E-state index < -0.39 is 0 Å². The standard InChI is InChI=1S/C22H26FN5O2/c1-4-24-22(27-14-19-12-20(15(2)3)28-30-19)26-13-16-9-10-25-21(11-16)29-18-7-5-17(23)6-8-18/h5-12,15H,4,13-14H2,1-3H3,(H2,24,26,27). The molecule has 0 unspecified atom stereocenters. The lowest BCUT2D eigenvalue weighted by Crippen LogP contribution is -2.36. The summed E-state index contributed by atoms with van der Waals surface area (Å²) in [5.41, 5.74) is 1.86. The number of benzene rings is 1. The molecule has 0 radical (unpaired) electrons. The SMILES string of the molecule is CCNC(=NCc1ccnc(Oc2ccc(F)cc2)c1)NCc1cc(C(C)C)no1. The molecule has 0 saturated carbocycles. The van der Waals surface area contributed by atoms with Gasteiger partial charge in [-0.15, -0.1) is 0 Å². The number of hydrogen-bond acceptors (Lipinski definition) is 5. The lowest BCUT2D eigenvalue weighted by molar-refractivity contribution is 0.372. The van der Waals surface area contributed by atoms with E-state index in [0.29, 0.717) is 36.6 Å². The van der Waals surface area contributed by atoms with Crippen LogP contribution in [0, 0.1) is 5.82 Å². The minimum absolute atomic E-state index is 0.312. The lowest BCUT2D eigenvalue weighted by atomic mass is 10.1. The minimum Gasteiger partial charge on any atom is -0.439 e. The number of guanidine groups is 1. The summed E-state index contributed by atoms with van der Waals surface area (Å²) in [6, 6.07) is 11.4. The van der Waals surface area contributed by atoms with E-state index in [2.05, 4.69) is 39.6 Å². The Labute approximate surface area is 175 Å². The zero-order valence-corrected chi connectivity index (χ0v) is 17.4. The second-order valence-corrected chi connectivity index (χ2v) is 6.98. The van der Waals surface area contributed by atoms with Crippen LogP contribution in [-0.4, -0.2) is 22.6 Å². The highest BCUT2D eigenvalue weighted by Gasteiger charge is 2.08. The fraction of sp³-hybridized carbons (Fsp3) is 0.318. The molecule has 8 heteroatoms. The van der Waals surface area contributed by atoms with Crippen molar-refractivity contribution in [3.63, 3.8) is 0 Å². The summed E-state index contributed by atoms with van der Waals surface area (Å²) in [4.78, 5) is 8.80. The monoisotopic (exact) mass is 411 g/mol. The number of halogens is 1. The Bertz CT molecular complexity index is 970. The van der Waals surface area contributed by atoms with Crippen LogP contribution in [0.4, 0.5) is 4.39 Å². The molecule has 0 fully saturated rings. The van der Waals surface area contributed by atoms with E-state index in [1.807, 2.05) is 25.1 Å². The molecule has 0 amide bonds. The molecule has 158 valence electrons. The van der Waals surface area contributed by atoms with Gasteiger partial charge in [0.05, 0.1) is 18.8 Å². The molecule has 0 aliphatic heterocycles. The minimum atomic E-state index is -0.312. The van der Waals surface area contributed by atoms with Crippen LogP contribution in [-0.2, 0) is 13.1 Å². The van der Waals surface area contributed by atoms with Gasteiger partial charge < -0.3 is 19.9 Å². The molecular weight excluding hydrogens is 385 g/mol. The molecule has 3 aromatic rings. The predicted molar refractivity (Wildman–Crippen MR) is 113 cm³/mol. The Hall–Kier alpha value is -3.42. The van der Waals surface area contributed by atoms with Crippen molar-refractivity contribution in [1.82, 2.24) is 20.8 Å². The van der Waals surface area contributed by atoms with Gasteiger partial charge in [-0.1, -0.05) is 19.0 Å². The van der Waals surface area contributed by atoms with E-state index in [1.165, 1.54) is 12.1 Å². The second kappa shape index (κ2) is 10.4. The third-order valence-electron chi connectivity index (χ3n) is 4.20. The molecule has 1 aromatic carbocycles. The van der Waals surface area contributed by atoms with Gasteiger partial charge in [-0.2, -0.15) is 0 Å². The maximum absolute atomic E-state index is 13.0. The Morgan fingerprint density at radius 3 is 2.67 bits per heavy atom. The van der Waals surface area contributed by atoms with Crippen molar-refractivity contribution in [2.45, 2.75) is 39.8 Å². The van der Waals surface area contributed by atoms with Crippen LogP contribution in [0.25, 0.3) is 0 Å². The molecule has 0 bridgehead atoms. The summed E-state index contributed by atoms with van der Waals surface area (Å²) in [5, 5.41) is 10.5. The molecule has 3 rings (SSSR count). The first-order valence-corrected chi connectivity index (χ1v) is 9.89. The van der Waals surface area contributed by atoms with E-state index in [-0.39, 0.29) is 5.82 Å². The normalized spacial score (nSPS) is 11.6. The first-order valence-electron chi connectivity index (χ1n) is 9.89. The fourth-order valence-electron chi connectivity index (χ4n) is 2.60. The van der Waals surface area contributed by atoms with Crippen molar-refractivity contribution in [2.75, 3.05) is 6.54 Å². The Morgan fingerprint density at radius 2 is 1.97 bits per heavy atom. The van der Waals surface area contributed by atoms with Gasteiger partial charge in [0.1, 0.15) is 11.6 Å². The molecule has 7 nitrogen and oxygen atoms in total. The van der Waals surface area contributed by atoms with Crippen molar-refractivity contribution in [3.8, 4) is 11.6 Å². The molecule has 0 spiro atoms. The van der Waals surface area contributed by atoms with Crippen LogP contribution in [0.1, 0.15) is 43.7 Å². The zero-order chi connectivity index (χ0) is 21.3. The van der Waals surface area contributed by atoms with Crippen molar-refractivity contribution in [1.29, 1.82) is 0 Å². The second-order valence-electron chi connectivity index (χ2n) is 6.98. The molecule has 0 atom stereocenters. The van der Waals surface area contributed by atoms with Crippen LogP contribution in [0.2, 0.25) is 0 Å². The van der Waals surface area contributed by atoms with Crippen LogP contribution in [0.15, 0.2) is 58.2 Å². The topological polar surface area (TPSA) is 84.6 Å². The first-order chi connectivity index (χ1) is 14.5. The fourth-order valence-corrected chi connectivity index (χ4v) is 2.60. The summed E-state index contributed by atoms with van der Waals surface area (Å²) in [7, 11) is 0. The number of nitrogens with zero attached hydrogens (tertiary/aromatic N) is 3. The summed E-state index contributed by atoms with van der Waals surface area (Å²) in [6.45, 7) is 7.80. The number of rotatable bonds is 8. The molecular formula is C22H26FN5O2. The first kappa shape index (κ1) is 21.3. The molecule has 30 heavy (non-hydrogen) atoms. The lowest BCUT2D eigenvalue weighted by Gasteiger charge is -2.10. The van der Waals surface area contributed by atoms with Gasteiger partial charge in [-0.3, -0.25) is 0 Å². The highest BCUT2D eigenvalue weighted by molar-refractivity contribution is 5.79. The van der Waals surface area contributed by atoms with Gasteiger partial charge in [-0.05, 0) is 48.7 Å². The van der Waals surface area contributed by atoms with Crippen molar-refractivity contribution >= 4 is 5.96 Å². The number of aromatic nitrogens is 2. The van der Waals surface area contributed by atoms with Gasteiger partial charge in [0.2, 0.25) is 5.88 Å². The number of pyridine rings is 1. The van der Waals surface area contributed by atoms with Gasteiger partial charge in [0.25, 0.3) is 0 Å². The Balaban J connectivity index is 1.61. The van der Waals surface area contributed by atoms with Gasteiger partial charge >= 0.3 is 0 Å². The third-order valence-corrected chi connectivity index (χ3v) is 4.20. The van der Waals surface area contributed by atoms with E-state index in [0.717, 1.165) is 23.6 Å². The largest absolute Gasteiger partial charge is 0.439 e. The molecule has 2 N–H and O–H groups in total. The Morgan fingerprint density at radius 1 is 1.17 bits per heavy atom. The van der Waals surface area contributed by atoms with Gasteiger partial charge in [-0.25, -0.2) is 14.4 Å². The molecule has 2 heterocycles. The maximum Gasteiger partial charge on any atom is 0.219 e. The van der Waals surface area contributed by atoms with Crippen molar-refractivity contribution < 1.29 is 13.7 Å². The van der Waals surface area contributed by atoms with Crippen LogP contribution in [0.3, 0.4) is 0 Å². The smallest absolute Gasteiger partial charge is 0.219 e. The van der Waals surface area contributed by atoms with Gasteiger partial charge in [0, 0.05) is 24.9 Å². The van der Waals surface area contributed by atoms with E-state index in [9.17, 15) is 4.39 Å².